The second-order valence-electron chi connectivity index (χ2n) is 4.15. The summed E-state index contributed by atoms with van der Waals surface area (Å²) in [6, 6.07) is 8.06. The first kappa shape index (κ1) is 11.6. The van der Waals surface area contributed by atoms with Crippen LogP contribution in [-0.4, -0.2) is 41.4 Å². The summed E-state index contributed by atoms with van der Waals surface area (Å²) in [4.78, 5) is 17.1. The summed E-state index contributed by atoms with van der Waals surface area (Å²) in [6.07, 6.45) is 0.158. The molecule has 0 radical (unpaired) electrons. The summed E-state index contributed by atoms with van der Waals surface area (Å²) in [5, 5.41) is 8.72. The van der Waals surface area contributed by atoms with Crippen molar-refractivity contribution < 1.29 is 9.90 Å². The van der Waals surface area contributed by atoms with Crippen molar-refractivity contribution in [2.24, 2.45) is 4.99 Å². The van der Waals surface area contributed by atoms with Crippen molar-refractivity contribution >= 4 is 11.8 Å². The predicted octanol–water partition coefficient (Wildman–Crippen LogP) is 1.53. The number of benzene rings is 1. The molecule has 0 saturated heterocycles. The molecule has 1 aliphatic heterocycles. The minimum absolute atomic E-state index is 0.158. The first-order valence-electron chi connectivity index (χ1n) is 5.75. The van der Waals surface area contributed by atoms with E-state index in [0.29, 0.717) is 6.54 Å². The molecule has 1 aromatic carbocycles. The Morgan fingerprint density at radius 1 is 1.47 bits per heavy atom. The van der Waals surface area contributed by atoms with Crippen LogP contribution in [0.4, 0.5) is 0 Å². The average molecular weight is 232 g/mol. The van der Waals surface area contributed by atoms with Gasteiger partial charge >= 0.3 is 5.97 Å². The number of hydrogen-bond donors (Lipinski definition) is 1. The van der Waals surface area contributed by atoms with E-state index in [9.17, 15) is 4.79 Å². The molecule has 4 heteroatoms. The summed E-state index contributed by atoms with van der Waals surface area (Å²) in [6.45, 7) is 4.15. The summed E-state index contributed by atoms with van der Waals surface area (Å²) >= 11 is 0. The minimum Gasteiger partial charge on any atom is -0.481 e. The maximum absolute atomic E-state index is 10.6. The number of rotatable bonds is 4. The zero-order valence-electron chi connectivity index (χ0n) is 9.89. The Morgan fingerprint density at radius 2 is 2.24 bits per heavy atom. The fraction of sp³-hybridized carbons (Fsp3) is 0.385. The SMILES string of the molecule is Cc1ccccc1C1=NCCN1CCC(=O)O. The van der Waals surface area contributed by atoms with E-state index in [1.807, 2.05) is 31.2 Å². The Hall–Kier alpha value is -1.84. The third-order valence-electron chi connectivity index (χ3n) is 2.91. The van der Waals surface area contributed by atoms with Crippen LogP contribution in [-0.2, 0) is 4.79 Å². The van der Waals surface area contributed by atoms with Crippen molar-refractivity contribution in [2.45, 2.75) is 13.3 Å². The predicted molar refractivity (Wildman–Crippen MR) is 66.4 cm³/mol. The van der Waals surface area contributed by atoms with Gasteiger partial charge in [-0.05, 0) is 12.5 Å². The maximum Gasteiger partial charge on any atom is 0.305 e. The van der Waals surface area contributed by atoms with Gasteiger partial charge in [0.15, 0.2) is 0 Å². The molecule has 0 atom stereocenters. The van der Waals surface area contributed by atoms with Gasteiger partial charge in [0.2, 0.25) is 0 Å². The van der Waals surface area contributed by atoms with Gasteiger partial charge in [-0.15, -0.1) is 0 Å². The Bertz CT molecular complexity index is 454. The standard InChI is InChI=1S/C13H16N2O2/c1-10-4-2-3-5-11(10)13-14-7-9-15(13)8-6-12(16)17/h2-5H,6-9H2,1H3,(H,16,17). The van der Waals surface area contributed by atoms with E-state index >= 15 is 0 Å². The third-order valence-corrected chi connectivity index (χ3v) is 2.91. The van der Waals surface area contributed by atoms with Gasteiger partial charge < -0.3 is 10.0 Å². The molecule has 0 saturated carbocycles. The number of aryl methyl sites for hydroxylation is 1. The largest absolute Gasteiger partial charge is 0.481 e. The van der Waals surface area contributed by atoms with Crippen LogP contribution in [0.25, 0.3) is 0 Å². The molecule has 1 N–H and O–H groups in total. The van der Waals surface area contributed by atoms with Gasteiger partial charge in [-0.2, -0.15) is 0 Å². The molecule has 90 valence electrons. The van der Waals surface area contributed by atoms with Gasteiger partial charge in [-0.25, -0.2) is 0 Å². The van der Waals surface area contributed by atoms with Crippen LogP contribution in [0.3, 0.4) is 0 Å². The molecule has 1 aliphatic rings. The smallest absolute Gasteiger partial charge is 0.305 e. The quantitative estimate of drug-likeness (QED) is 0.856. The lowest BCUT2D eigenvalue weighted by molar-refractivity contribution is -0.137. The van der Waals surface area contributed by atoms with E-state index in [1.165, 1.54) is 5.56 Å². The molecule has 0 aromatic heterocycles. The minimum atomic E-state index is -0.763. The number of aliphatic carboxylic acids is 1. The highest BCUT2D eigenvalue weighted by atomic mass is 16.4. The average Bonchev–Trinajstić information content (AvgIpc) is 2.75. The van der Waals surface area contributed by atoms with Crippen molar-refractivity contribution in [1.29, 1.82) is 0 Å². The number of aliphatic imine (C=N–C) groups is 1. The summed E-state index contributed by atoms with van der Waals surface area (Å²) in [5.41, 5.74) is 2.28. The number of hydrogen-bond acceptors (Lipinski definition) is 3. The molecule has 0 amide bonds. The van der Waals surface area contributed by atoms with E-state index in [1.54, 1.807) is 0 Å². The number of carboxylic acids is 1. The normalized spacial score (nSPS) is 14.9. The highest BCUT2D eigenvalue weighted by molar-refractivity contribution is 6.01. The van der Waals surface area contributed by atoms with Crippen molar-refractivity contribution in [3.8, 4) is 0 Å². The lowest BCUT2D eigenvalue weighted by Crippen LogP contribution is -2.31. The van der Waals surface area contributed by atoms with E-state index < -0.39 is 5.97 Å². The Morgan fingerprint density at radius 3 is 2.94 bits per heavy atom. The molecule has 2 rings (SSSR count). The topological polar surface area (TPSA) is 52.9 Å². The second kappa shape index (κ2) is 4.99. The summed E-state index contributed by atoms with van der Waals surface area (Å²) < 4.78 is 0. The van der Waals surface area contributed by atoms with E-state index in [-0.39, 0.29) is 6.42 Å². The highest BCUT2D eigenvalue weighted by Gasteiger charge is 2.19. The number of amidine groups is 1. The molecular weight excluding hydrogens is 216 g/mol. The van der Waals surface area contributed by atoms with Gasteiger partial charge in [0.25, 0.3) is 0 Å². The Kier molecular flexibility index (Phi) is 3.42. The van der Waals surface area contributed by atoms with Crippen LogP contribution in [0.15, 0.2) is 29.3 Å². The van der Waals surface area contributed by atoms with Gasteiger partial charge in [0.1, 0.15) is 5.84 Å². The lowest BCUT2D eigenvalue weighted by Gasteiger charge is -2.20. The summed E-state index contributed by atoms with van der Waals surface area (Å²) in [5.74, 6) is 0.172. The van der Waals surface area contributed by atoms with E-state index in [4.69, 9.17) is 5.11 Å². The zero-order chi connectivity index (χ0) is 12.3. The van der Waals surface area contributed by atoms with Crippen molar-refractivity contribution in [3.63, 3.8) is 0 Å². The van der Waals surface area contributed by atoms with Crippen molar-refractivity contribution in [2.75, 3.05) is 19.6 Å². The van der Waals surface area contributed by atoms with Crippen molar-refractivity contribution in [1.82, 2.24) is 4.90 Å². The number of nitrogens with zero attached hydrogens (tertiary/aromatic N) is 2. The molecule has 0 spiro atoms. The molecular formula is C13H16N2O2. The first-order valence-corrected chi connectivity index (χ1v) is 5.75. The zero-order valence-corrected chi connectivity index (χ0v) is 9.89. The van der Waals surface area contributed by atoms with Gasteiger partial charge in [-0.3, -0.25) is 9.79 Å². The van der Waals surface area contributed by atoms with Crippen LogP contribution >= 0.6 is 0 Å². The summed E-state index contributed by atoms with van der Waals surface area (Å²) in [7, 11) is 0. The fourth-order valence-corrected chi connectivity index (χ4v) is 2.01. The molecule has 1 aromatic rings. The van der Waals surface area contributed by atoms with Gasteiger partial charge in [0.05, 0.1) is 13.0 Å². The Labute approximate surface area is 101 Å². The van der Waals surface area contributed by atoms with Crippen LogP contribution in [0.5, 0.6) is 0 Å². The highest BCUT2D eigenvalue weighted by Crippen LogP contribution is 2.15. The molecule has 1 heterocycles. The first-order chi connectivity index (χ1) is 8.18. The van der Waals surface area contributed by atoms with Gasteiger partial charge in [0, 0.05) is 18.7 Å². The molecule has 0 fully saturated rings. The van der Waals surface area contributed by atoms with Gasteiger partial charge in [-0.1, -0.05) is 24.3 Å². The van der Waals surface area contributed by atoms with E-state index in [2.05, 4.69) is 9.89 Å². The lowest BCUT2D eigenvalue weighted by atomic mass is 10.1. The van der Waals surface area contributed by atoms with Crippen LogP contribution in [0, 0.1) is 6.92 Å². The molecule has 17 heavy (non-hydrogen) atoms. The molecule has 0 unspecified atom stereocenters. The molecule has 4 nitrogen and oxygen atoms in total. The molecule has 0 aliphatic carbocycles. The second-order valence-corrected chi connectivity index (χ2v) is 4.15. The number of carboxylic acid groups (broad SMARTS) is 1. The van der Waals surface area contributed by atoms with Crippen LogP contribution in [0.2, 0.25) is 0 Å². The molecule has 0 bridgehead atoms. The maximum atomic E-state index is 10.6. The van der Waals surface area contributed by atoms with Crippen molar-refractivity contribution in [3.05, 3.63) is 35.4 Å². The monoisotopic (exact) mass is 232 g/mol. The Balaban J connectivity index is 2.15. The third kappa shape index (κ3) is 2.64. The fourth-order valence-electron chi connectivity index (χ4n) is 2.01. The van der Waals surface area contributed by atoms with Crippen LogP contribution in [0.1, 0.15) is 17.5 Å². The van der Waals surface area contributed by atoms with E-state index in [0.717, 1.165) is 24.5 Å². The van der Waals surface area contributed by atoms with Crippen LogP contribution < -0.4 is 0 Å². The number of carbonyl (C=O) groups is 1.